The number of carbonyl (C=O) groups is 2. The van der Waals surface area contributed by atoms with Gasteiger partial charge >= 0.3 is 0 Å². The van der Waals surface area contributed by atoms with Crippen LogP contribution < -0.4 is 24.8 Å². The van der Waals surface area contributed by atoms with Crippen LogP contribution in [0.25, 0.3) is 5.65 Å². The van der Waals surface area contributed by atoms with E-state index in [-0.39, 0.29) is 24.5 Å². The molecule has 9 heteroatoms. The summed E-state index contributed by atoms with van der Waals surface area (Å²) >= 11 is 0. The second-order valence-corrected chi connectivity index (χ2v) is 8.17. The molecular weight excluding hydrogens is 436 g/mol. The molecule has 0 bridgehead atoms. The van der Waals surface area contributed by atoms with E-state index >= 15 is 0 Å². The predicted octanol–water partition coefficient (Wildman–Crippen LogP) is 4.46. The maximum absolute atomic E-state index is 12.7. The van der Waals surface area contributed by atoms with Crippen LogP contribution >= 0.6 is 0 Å². The van der Waals surface area contributed by atoms with Crippen molar-refractivity contribution >= 4 is 29.0 Å². The highest BCUT2D eigenvalue weighted by Gasteiger charge is 2.30. The van der Waals surface area contributed by atoms with E-state index in [9.17, 15) is 9.59 Å². The summed E-state index contributed by atoms with van der Waals surface area (Å²) in [5.41, 5.74) is 1.75. The molecule has 34 heavy (non-hydrogen) atoms. The molecule has 0 saturated heterocycles. The van der Waals surface area contributed by atoms with Crippen LogP contribution in [0.15, 0.2) is 67.0 Å². The molecule has 3 heterocycles. The van der Waals surface area contributed by atoms with E-state index in [0.717, 1.165) is 12.8 Å². The van der Waals surface area contributed by atoms with Gasteiger partial charge in [-0.3, -0.25) is 9.59 Å². The highest BCUT2D eigenvalue weighted by Crippen LogP contribution is 2.33. The fourth-order valence-electron chi connectivity index (χ4n) is 3.68. The molecule has 0 radical (unpaired) electrons. The Balaban J connectivity index is 1.15. The minimum atomic E-state index is -0.268. The third-order valence-corrected chi connectivity index (χ3v) is 5.59. The van der Waals surface area contributed by atoms with Crippen molar-refractivity contribution in [3.05, 3.63) is 72.6 Å². The molecule has 9 nitrogen and oxygen atoms in total. The second kappa shape index (κ2) is 8.11. The first-order valence-corrected chi connectivity index (χ1v) is 10.9. The number of hydrogen-bond donors (Lipinski definition) is 2. The standard InChI is InChI=1S/C25H20N4O5/c30-24(15-4-5-15)28-22-13-29-12-19(7-9-23(29)27-22)34-18-3-1-2-17(11-18)26-25(31)16-6-8-20-21(10-16)33-14-32-20/h1-3,6-13,15H,4-5,14H2,(H,26,31)(H,28,30). The Morgan fingerprint density at radius 2 is 1.82 bits per heavy atom. The summed E-state index contributed by atoms with van der Waals surface area (Å²) in [6, 6.07) is 15.8. The van der Waals surface area contributed by atoms with Crippen LogP contribution in [0.2, 0.25) is 0 Å². The highest BCUT2D eigenvalue weighted by atomic mass is 16.7. The first-order valence-electron chi connectivity index (χ1n) is 10.9. The number of ether oxygens (including phenoxy) is 3. The molecule has 2 N–H and O–H groups in total. The number of carbonyl (C=O) groups excluding carboxylic acids is 2. The predicted molar refractivity (Wildman–Crippen MR) is 124 cm³/mol. The third-order valence-electron chi connectivity index (χ3n) is 5.59. The van der Waals surface area contributed by atoms with Gasteiger partial charge in [-0.05, 0) is 55.3 Å². The van der Waals surface area contributed by atoms with Gasteiger partial charge in [0.05, 0.1) is 12.4 Å². The molecule has 1 aliphatic heterocycles. The average molecular weight is 456 g/mol. The summed E-state index contributed by atoms with van der Waals surface area (Å²) in [7, 11) is 0. The number of rotatable bonds is 6. The number of amides is 2. The summed E-state index contributed by atoms with van der Waals surface area (Å²) in [4.78, 5) is 29.1. The zero-order chi connectivity index (χ0) is 23.1. The lowest BCUT2D eigenvalue weighted by Gasteiger charge is -2.10. The van der Waals surface area contributed by atoms with Crippen LogP contribution in [0.5, 0.6) is 23.0 Å². The first kappa shape index (κ1) is 20.1. The maximum atomic E-state index is 12.7. The zero-order valence-electron chi connectivity index (χ0n) is 18.0. The molecule has 4 aromatic rings. The molecule has 2 amide bonds. The van der Waals surface area contributed by atoms with Crippen molar-refractivity contribution in [2.45, 2.75) is 12.8 Å². The zero-order valence-corrected chi connectivity index (χ0v) is 18.0. The Morgan fingerprint density at radius 3 is 2.71 bits per heavy atom. The Labute approximate surface area is 194 Å². The van der Waals surface area contributed by atoms with Crippen LogP contribution in [-0.4, -0.2) is 28.0 Å². The third kappa shape index (κ3) is 4.11. The van der Waals surface area contributed by atoms with Crippen LogP contribution in [0.1, 0.15) is 23.2 Å². The number of nitrogens with one attached hydrogen (secondary N) is 2. The molecule has 0 unspecified atom stereocenters. The van der Waals surface area contributed by atoms with Gasteiger partial charge in [-0.1, -0.05) is 6.07 Å². The Hall–Kier alpha value is -4.53. The average Bonchev–Trinajstić information content (AvgIpc) is 3.45. The fourth-order valence-corrected chi connectivity index (χ4v) is 3.68. The molecule has 0 spiro atoms. The van der Waals surface area contributed by atoms with Crippen molar-refractivity contribution in [2.75, 3.05) is 17.4 Å². The van der Waals surface area contributed by atoms with Gasteiger partial charge in [0, 0.05) is 23.2 Å². The van der Waals surface area contributed by atoms with Gasteiger partial charge in [-0.2, -0.15) is 0 Å². The van der Waals surface area contributed by atoms with Gasteiger partial charge in [-0.25, -0.2) is 4.98 Å². The van der Waals surface area contributed by atoms with Gasteiger partial charge in [-0.15, -0.1) is 0 Å². The van der Waals surface area contributed by atoms with E-state index in [2.05, 4.69) is 15.6 Å². The lowest BCUT2D eigenvalue weighted by molar-refractivity contribution is -0.117. The minimum absolute atomic E-state index is 0.0134. The molecule has 1 aliphatic carbocycles. The second-order valence-electron chi connectivity index (χ2n) is 8.17. The number of fused-ring (bicyclic) bond motifs is 2. The van der Waals surface area contributed by atoms with E-state index in [1.54, 1.807) is 65.3 Å². The highest BCUT2D eigenvalue weighted by molar-refractivity contribution is 6.04. The van der Waals surface area contributed by atoms with E-state index < -0.39 is 0 Å². The number of aromatic nitrogens is 2. The summed E-state index contributed by atoms with van der Waals surface area (Å²) in [6.07, 6.45) is 5.41. The van der Waals surface area contributed by atoms with Crippen molar-refractivity contribution in [3.8, 4) is 23.0 Å². The number of imidazole rings is 1. The molecule has 2 aliphatic rings. The molecule has 6 rings (SSSR count). The lowest BCUT2D eigenvalue weighted by atomic mass is 10.2. The first-order chi connectivity index (χ1) is 16.6. The fraction of sp³-hybridized carbons (Fsp3) is 0.160. The van der Waals surface area contributed by atoms with E-state index in [1.165, 1.54) is 0 Å². The van der Waals surface area contributed by atoms with Gasteiger partial charge in [0.1, 0.15) is 17.1 Å². The van der Waals surface area contributed by atoms with Crippen LogP contribution in [0.4, 0.5) is 11.5 Å². The maximum Gasteiger partial charge on any atom is 0.255 e. The van der Waals surface area contributed by atoms with Gasteiger partial charge in [0.2, 0.25) is 12.7 Å². The number of benzene rings is 2. The summed E-state index contributed by atoms with van der Waals surface area (Å²) in [5, 5.41) is 5.72. The van der Waals surface area contributed by atoms with Gasteiger partial charge in [0.25, 0.3) is 5.91 Å². The minimum Gasteiger partial charge on any atom is -0.456 e. The van der Waals surface area contributed by atoms with Gasteiger partial charge < -0.3 is 29.2 Å². The number of hydrogen-bond acceptors (Lipinski definition) is 6. The SMILES string of the molecule is O=C(Nc1cccc(Oc2ccc3nc(NC(=O)C4CC4)cn3c2)c1)c1ccc2c(c1)OCO2. The van der Waals surface area contributed by atoms with E-state index in [4.69, 9.17) is 14.2 Å². The Kier molecular flexibility index (Phi) is 4.80. The van der Waals surface area contributed by atoms with Crippen molar-refractivity contribution in [1.29, 1.82) is 0 Å². The Bertz CT molecular complexity index is 1430. The quantitative estimate of drug-likeness (QED) is 0.444. The molecule has 2 aromatic heterocycles. The monoisotopic (exact) mass is 456 g/mol. The smallest absolute Gasteiger partial charge is 0.255 e. The molecule has 0 atom stereocenters. The topological polar surface area (TPSA) is 103 Å². The lowest BCUT2D eigenvalue weighted by Crippen LogP contribution is -2.13. The number of nitrogens with zero attached hydrogens (tertiary/aromatic N) is 2. The van der Waals surface area contributed by atoms with E-state index in [0.29, 0.717) is 45.7 Å². The Morgan fingerprint density at radius 1 is 0.941 bits per heavy atom. The summed E-state index contributed by atoms with van der Waals surface area (Å²) < 4.78 is 18.4. The number of pyridine rings is 1. The molecule has 170 valence electrons. The molecule has 2 aromatic carbocycles. The van der Waals surface area contributed by atoms with E-state index in [1.807, 2.05) is 6.07 Å². The van der Waals surface area contributed by atoms with Crippen molar-refractivity contribution < 1.29 is 23.8 Å². The van der Waals surface area contributed by atoms with Gasteiger partial charge in [0.15, 0.2) is 17.3 Å². The van der Waals surface area contributed by atoms with Crippen molar-refractivity contribution in [1.82, 2.24) is 9.38 Å². The largest absolute Gasteiger partial charge is 0.456 e. The molecule has 1 saturated carbocycles. The number of anilines is 2. The summed E-state index contributed by atoms with van der Waals surface area (Å²) in [6.45, 7) is 0.154. The van der Waals surface area contributed by atoms with Crippen molar-refractivity contribution in [3.63, 3.8) is 0 Å². The summed E-state index contributed by atoms with van der Waals surface area (Å²) in [5.74, 6) is 2.70. The molecular formula is C25H20N4O5. The van der Waals surface area contributed by atoms with Crippen LogP contribution in [0, 0.1) is 5.92 Å². The van der Waals surface area contributed by atoms with Crippen molar-refractivity contribution in [2.24, 2.45) is 5.92 Å². The molecule has 1 fully saturated rings. The van der Waals surface area contributed by atoms with Crippen LogP contribution in [0.3, 0.4) is 0 Å². The normalized spacial score (nSPS) is 14.1. The van der Waals surface area contributed by atoms with Crippen LogP contribution in [-0.2, 0) is 4.79 Å².